The first-order chi connectivity index (χ1) is 14.8. The van der Waals surface area contributed by atoms with Gasteiger partial charge >= 0.3 is 0 Å². The van der Waals surface area contributed by atoms with Crippen molar-refractivity contribution in [3.05, 3.63) is 41.7 Å². The molecule has 0 spiro atoms. The summed E-state index contributed by atoms with van der Waals surface area (Å²) in [5.41, 5.74) is 1.60. The molecule has 2 aromatic rings. The van der Waals surface area contributed by atoms with Crippen molar-refractivity contribution in [1.82, 2.24) is 29.5 Å². The minimum atomic E-state index is -3.63. The smallest absolute Gasteiger partial charge is 0.240 e. The number of rotatable bonds is 8. The molecular weight excluding hydrogens is 420 g/mol. The number of nitrogens with zero attached hydrogens (tertiary/aromatic N) is 5. The lowest BCUT2D eigenvalue weighted by Gasteiger charge is -2.39. The van der Waals surface area contributed by atoms with E-state index in [0.29, 0.717) is 26.1 Å². The van der Waals surface area contributed by atoms with E-state index in [9.17, 15) is 18.0 Å². The lowest BCUT2D eigenvalue weighted by Crippen LogP contribution is -2.51. The van der Waals surface area contributed by atoms with Crippen molar-refractivity contribution >= 4 is 21.8 Å². The van der Waals surface area contributed by atoms with Crippen molar-refractivity contribution in [3.63, 3.8) is 0 Å². The van der Waals surface area contributed by atoms with Crippen molar-refractivity contribution < 1.29 is 18.0 Å². The number of carbonyl (C=O) groups is 2. The predicted octanol–water partition coefficient (Wildman–Crippen LogP) is 0.461. The van der Waals surface area contributed by atoms with E-state index < -0.39 is 10.0 Å². The third-order valence-corrected chi connectivity index (χ3v) is 7.06. The van der Waals surface area contributed by atoms with E-state index in [2.05, 4.69) is 15.0 Å². The molecule has 2 amide bonds. The Bertz CT molecular complexity index is 1080. The van der Waals surface area contributed by atoms with Crippen LogP contribution in [0.25, 0.3) is 0 Å². The zero-order valence-corrected chi connectivity index (χ0v) is 18.2. The molecule has 10 nitrogen and oxygen atoms in total. The normalized spacial score (nSPS) is 17.3. The first-order valence-corrected chi connectivity index (χ1v) is 11.8. The zero-order chi connectivity index (χ0) is 22.0. The summed E-state index contributed by atoms with van der Waals surface area (Å²) in [6.07, 6.45) is 3.40. The van der Waals surface area contributed by atoms with E-state index >= 15 is 0 Å². The van der Waals surface area contributed by atoms with Gasteiger partial charge in [0, 0.05) is 39.0 Å². The van der Waals surface area contributed by atoms with E-state index in [0.717, 1.165) is 24.2 Å². The Morgan fingerprint density at radius 2 is 2.10 bits per heavy atom. The number of carbonyl (C=O) groups excluding carboxylic acids is 2. The molecule has 11 heteroatoms. The fourth-order valence-electron chi connectivity index (χ4n) is 3.77. The van der Waals surface area contributed by atoms with Crippen molar-refractivity contribution in [3.8, 4) is 0 Å². The second kappa shape index (κ2) is 8.75. The average Bonchev–Trinajstić information content (AvgIpc) is 3.30. The Labute approximate surface area is 181 Å². The first-order valence-electron chi connectivity index (χ1n) is 10.3. The van der Waals surface area contributed by atoms with E-state index in [1.54, 1.807) is 26.6 Å². The molecule has 3 heterocycles. The highest BCUT2D eigenvalue weighted by Gasteiger charge is 2.33. The van der Waals surface area contributed by atoms with Gasteiger partial charge in [-0.2, -0.15) is 0 Å². The van der Waals surface area contributed by atoms with E-state index in [1.807, 2.05) is 19.2 Å². The van der Waals surface area contributed by atoms with Crippen LogP contribution >= 0.6 is 0 Å². The molecule has 2 aliphatic rings. The standard InChI is InChI=1S/C20H26N6O4S/c1-15-4-2-5-18(10-15)31(29,30)21-8-7-20(28)25-13-17(14-25)26-12-16(22-23-26)11-24-9-3-6-19(24)27/h2,4-5,10,12,17,21H,3,6-9,11,13-14H2,1H3. The average molecular weight is 447 g/mol. The van der Waals surface area contributed by atoms with Gasteiger partial charge in [0.15, 0.2) is 0 Å². The molecule has 1 N–H and O–H groups in total. The van der Waals surface area contributed by atoms with Crippen LogP contribution in [0.15, 0.2) is 35.4 Å². The van der Waals surface area contributed by atoms with E-state index in [4.69, 9.17) is 0 Å². The fraction of sp³-hybridized carbons (Fsp3) is 0.500. The molecule has 0 bridgehead atoms. The molecule has 0 saturated carbocycles. The van der Waals surface area contributed by atoms with Gasteiger partial charge in [0.25, 0.3) is 0 Å². The molecule has 2 fully saturated rings. The Morgan fingerprint density at radius 1 is 1.29 bits per heavy atom. The Balaban J connectivity index is 1.21. The number of sulfonamides is 1. The third-order valence-electron chi connectivity index (χ3n) is 5.60. The van der Waals surface area contributed by atoms with Crippen LogP contribution in [0.3, 0.4) is 0 Å². The summed E-state index contributed by atoms with van der Waals surface area (Å²) in [6.45, 7) is 4.12. The predicted molar refractivity (Wildman–Crippen MR) is 111 cm³/mol. The highest BCUT2D eigenvalue weighted by atomic mass is 32.2. The lowest BCUT2D eigenvalue weighted by atomic mass is 10.1. The number of nitrogens with one attached hydrogen (secondary N) is 1. The zero-order valence-electron chi connectivity index (χ0n) is 17.4. The van der Waals surface area contributed by atoms with Crippen LogP contribution in [-0.2, 0) is 26.2 Å². The molecule has 0 aliphatic carbocycles. The molecule has 4 rings (SSSR count). The number of hydrogen-bond acceptors (Lipinski definition) is 6. The molecule has 2 saturated heterocycles. The van der Waals surface area contributed by atoms with Gasteiger partial charge in [-0.25, -0.2) is 17.8 Å². The third kappa shape index (κ3) is 4.93. The van der Waals surface area contributed by atoms with Crippen molar-refractivity contribution in [2.75, 3.05) is 26.2 Å². The molecule has 0 unspecified atom stereocenters. The summed E-state index contributed by atoms with van der Waals surface area (Å²) >= 11 is 0. The summed E-state index contributed by atoms with van der Waals surface area (Å²) in [7, 11) is -3.63. The highest BCUT2D eigenvalue weighted by molar-refractivity contribution is 7.89. The Kier molecular flexibility index (Phi) is 6.05. The molecule has 1 aromatic heterocycles. The van der Waals surface area contributed by atoms with Gasteiger partial charge in [0.1, 0.15) is 5.69 Å². The van der Waals surface area contributed by atoms with Crippen LogP contribution in [0.4, 0.5) is 0 Å². The van der Waals surface area contributed by atoms with Crippen LogP contribution in [0.2, 0.25) is 0 Å². The minimum absolute atomic E-state index is 0.0449. The van der Waals surface area contributed by atoms with Crippen LogP contribution < -0.4 is 4.72 Å². The van der Waals surface area contributed by atoms with Crippen LogP contribution in [-0.4, -0.2) is 71.2 Å². The van der Waals surface area contributed by atoms with Crippen LogP contribution in [0.5, 0.6) is 0 Å². The lowest BCUT2D eigenvalue weighted by molar-refractivity contribution is -0.137. The second-order valence-electron chi connectivity index (χ2n) is 8.03. The van der Waals surface area contributed by atoms with E-state index in [-0.39, 0.29) is 35.7 Å². The topological polar surface area (TPSA) is 118 Å². The second-order valence-corrected chi connectivity index (χ2v) is 9.79. The Morgan fingerprint density at radius 3 is 2.81 bits per heavy atom. The largest absolute Gasteiger partial charge is 0.338 e. The molecule has 2 aliphatic heterocycles. The van der Waals surface area contributed by atoms with Gasteiger partial charge in [-0.05, 0) is 31.0 Å². The van der Waals surface area contributed by atoms with Gasteiger partial charge < -0.3 is 9.80 Å². The molecule has 1 aromatic carbocycles. The number of hydrogen-bond donors (Lipinski definition) is 1. The molecule has 166 valence electrons. The number of benzene rings is 1. The van der Waals surface area contributed by atoms with Gasteiger partial charge in [-0.15, -0.1) is 5.10 Å². The van der Waals surface area contributed by atoms with Crippen molar-refractivity contribution in [2.24, 2.45) is 0 Å². The minimum Gasteiger partial charge on any atom is -0.338 e. The monoisotopic (exact) mass is 446 g/mol. The first kappa shape index (κ1) is 21.4. The maximum absolute atomic E-state index is 12.4. The SMILES string of the molecule is Cc1cccc(S(=O)(=O)NCCC(=O)N2CC(n3cc(CN4CCCC4=O)nn3)C2)c1. The molecular formula is C20H26N6O4S. The summed E-state index contributed by atoms with van der Waals surface area (Å²) < 4.78 is 28.9. The van der Waals surface area contributed by atoms with Gasteiger partial charge in [0.2, 0.25) is 21.8 Å². The Hall–Kier alpha value is -2.79. The van der Waals surface area contributed by atoms with Crippen LogP contribution in [0, 0.1) is 6.92 Å². The summed E-state index contributed by atoms with van der Waals surface area (Å²) in [5.74, 6) is 0.0409. The van der Waals surface area contributed by atoms with Gasteiger partial charge in [0.05, 0.1) is 23.7 Å². The molecule has 0 radical (unpaired) electrons. The maximum Gasteiger partial charge on any atom is 0.240 e. The summed E-state index contributed by atoms with van der Waals surface area (Å²) in [4.78, 5) is 27.7. The van der Waals surface area contributed by atoms with Gasteiger partial charge in [-0.3, -0.25) is 9.59 Å². The number of aromatic nitrogens is 3. The quantitative estimate of drug-likeness (QED) is 0.630. The van der Waals surface area contributed by atoms with Crippen molar-refractivity contribution in [1.29, 1.82) is 0 Å². The number of aryl methyl sites for hydroxylation is 1. The number of likely N-dealkylation sites (tertiary alicyclic amines) is 2. The molecule has 0 atom stereocenters. The highest BCUT2D eigenvalue weighted by Crippen LogP contribution is 2.22. The summed E-state index contributed by atoms with van der Waals surface area (Å²) in [5, 5.41) is 8.27. The summed E-state index contributed by atoms with van der Waals surface area (Å²) in [6, 6.07) is 6.68. The number of amides is 2. The molecule has 31 heavy (non-hydrogen) atoms. The van der Waals surface area contributed by atoms with Crippen LogP contribution in [0.1, 0.15) is 36.6 Å². The fourth-order valence-corrected chi connectivity index (χ4v) is 4.91. The maximum atomic E-state index is 12.4. The van der Waals surface area contributed by atoms with Crippen molar-refractivity contribution in [2.45, 2.75) is 43.7 Å². The van der Waals surface area contributed by atoms with E-state index in [1.165, 1.54) is 6.07 Å². The van der Waals surface area contributed by atoms with Gasteiger partial charge in [-0.1, -0.05) is 17.3 Å².